The molecule has 0 aliphatic heterocycles. The van der Waals surface area contributed by atoms with Crippen LogP contribution in [0.25, 0.3) is 0 Å². The Morgan fingerprint density at radius 1 is 1.29 bits per heavy atom. The Morgan fingerprint density at radius 2 is 2.00 bits per heavy atom. The van der Waals surface area contributed by atoms with Crippen molar-refractivity contribution in [2.45, 2.75) is 51.9 Å². The van der Waals surface area contributed by atoms with Crippen LogP contribution >= 0.6 is 0 Å². The fourth-order valence-corrected chi connectivity index (χ4v) is 2.24. The molecular formula is C13H18N2O2. The molecule has 1 aromatic heterocycles. The quantitative estimate of drug-likeness (QED) is 0.870. The SMILES string of the molecule is CC(C)c1nc2c(c(CC(=O)O)n1)CCCC2. The highest BCUT2D eigenvalue weighted by Gasteiger charge is 2.20. The first-order valence-corrected chi connectivity index (χ1v) is 6.18. The second-order valence-electron chi connectivity index (χ2n) is 4.89. The van der Waals surface area contributed by atoms with Gasteiger partial charge in [0.15, 0.2) is 0 Å². The lowest BCUT2D eigenvalue weighted by Gasteiger charge is -2.19. The summed E-state index contributed by atoms with van der Waals surface area (Å²) in [5, 5.41) is 8.94. The Labute approximate surface area is 101 Å². The van der Waals surface area contributed by atoms with E-state index in [1.54, 1.807) is 0 Å². The van der Waals surface area contributed by atoms with E-state index in [0.29, 0.717) is 0 Å². The van der Waals surface area contributed by atoms with E-state index >= 15 is 0 Å². The van der Waals surface area contributed by atoms with Gasteiger partial charge in [0.25, 0.3) is 0 Å². The van der Waals surface area contributed by atoms with Crippen molar-refractivity contribution in [1.29, 1.82) is 0 Å². The van der Waals surface area contributed by atoms with Crippen LogP contribution in [0.4, 0.5) is 0 Å². The van der Waals surface area contributed by atoms with Gasteiger partial charge in [-0.3, -0.25) is 4.79 Å². The number of nitrogens with zero attached hydrogens (tertiary/aromatic N) is 2. The third-order valence-corrected chi connectivity index (χ3v) is 3.12. The molecule has 0 fully saturated rings. The van der Waals surface area contributed by atoms with Crippen molar-refractivity contribution in [3.63, 3.8) is 0 Å². The van der Waals surface area contributed by atoms with Crippen LogP contribution in [0.1, 0.15) is 55.4 Å². The molecule has 4 nitrogen and oxygen atoms in total. The Bertz CT molecular complexity index is 441. The van der Waals surface area contributed by atoms with Gasteiger partial charge in [-0.25, -0.2) is 9.97 Å². The van der Waals surface area contributed by atoms with E-state index in [1.807, 2.05) is 13.8 Å². The molecule has 0 aromatic carbocycles. The molecule has 0 saturated heterocycles. The van der Waals surface area contributed by atoms with Gasteiger partial charge in [0, 0.05) is 11.6 Å². The maximum atomic E-state index is 10.9. The van der Waals surface area contributed by atoms with Gasteiger partial charge in [0.1, 0.15) is 5.82 Å². The highest BCUT2D eigenvalue weighted by molar-refractivity contribution is 5.70. The van der Waals surface area contributed by atoms with Crippen LogP contribution in [-0.4, -0.2) is 21.0 Å². The summed E-state index contributed by atoms with van der Waals surface area (Å²) in [6.45, 7) is 4.07. The molecule has 0 spiro atoms. The van der Waals surface area contributed by atoms with Crippen molar-refractivity contribution in [3.05, 3.63) is 22.8 Å². The van der Waals surface area contributed by atoms with Gasteiger partial charge in [0.05, 0.1) is 12.1 Å². The maximum Gasteiger partial charge on any atom is 0.309 e. The molecule has 92 valence electrons. The number of hydrogen-bond acceptors (Lipinski definition) is 3. The second-order valence-corrected chi connectivity index (χ2v) is 4.89. The molecule has 1 aliphatic carbocycles. The molecule has 1 heterocycles. The predicted molar refractivity (Wildman–Crippen MR) is 64.1 cm³/mol. The van der Waals surface area contributed by atoms with Gasteiger partial charge in [0.2, 0.25) is 0 Å². The summed E-state index contributed by atoms with van der Waals surface area (Å²) in [6.07, 6.45) is 4.17. The van der Waals surface area contributed by atoms with Crippen molar-refractivity contribution >= 4 is 5.97 Å². The summed E-state index contributed by atoms with van der Waals surface area (Å²) in [5.41, 5.74) is 2.89. The minimum absolute atomic E-state index is 0.0184. The van der Waals surface area contributed by atoms with Crippen molar-refractivity contribution in [1.82, 2.24) is 9.97 Å². The van der Waals surface area contributed by atoms with Crippen molar-refractivity contribution in [3.8, 4) is 0 Å². The minimum atomic E-state index is -0.814. The van der Waals surface area contributed by atoms with Gasteiger partial charge in [-0.1, -0.05) is 13.8 Å². The first-order valence-electron chi connectivity index (χ1n) is 6.18. The van der Waals surface area contributed by atoms with Crippen LogP contribution in [0, 0.1) is 0 Å². The molecule has 0 atom stereocenters. The highest BCUT2D eigenvalue weighted by Crippen LogP contribution is 2.24. The van der Waals surface area contributed by atoms with E-state index in [4.69, 9.17) is 5.11 Å². The number of aryl methyl sites for hydroxylation is 1. The predicted octanol–water partition coefficient (Wildman–Crippen LogP) is 2.11. The zero-order valence-electron chi connectivity index (χ0n) is 10.4. The molecule has 1 aliphatic rings. The Hall–Kier alpha value is -1.45. The number of carbonyl (C=O) groups is 1. The molecule has 0 unspecified atom stereocenters. The summed E-state index contributed by atoms with van der Waals surface area (Å²) in [6, 6.07) is 0. The molecular weight excluding hydrogens is 216 g/mol. The lowest BCUT2D eigenvalue weighted by atomic mass is 9.93. The molecule has 4 heteroatoms. The van der Waals surface area contributed by atoms with Crippen LogP contribution in [0.2, 0.25) is 0 Å². The standard InChI is InChI=1S/C13H18N2O2/c1-8(2)13-14-10-6-4-3-5-9(10)11(15-13)7-12(16)17/h8H,3-7H2,1-2H3,(H,16,17). The van der Waals surface area contributed by atoms with E-state index in [1.165, 1.54) is 0 Å². The van der Waals surface area contributed by atoms with E-state index in [0.717, 1.165) is 48.5 Å². The van der Waals surface area contributed by atoms with Crippen LogP contribution in [0.5, 0.6) is 0 Å². The Kier molecular flexibility index (Phi) is 3.41. The van der Waals surface area contributed by atoms with Crippen molar-refractivity contribution in [2.75, 3.05) is 0 Å². The molecule has 1 N–H and O–H groups in total. The molecule has 2 rings (SSSR count). The Balaban J connectivity index is 2.46. The molecule has 0 saturated carbocycles. The summed E-state index contributed by atoms with van der Waals surface area (Å²) >= 11 is 0. The number of fused-ring (bicyclic) bond motifs is 1. The average Bonchev–Trinajstić information content (AvgIpc) is 2.28. The monoisotopic (exact) mass is 234 g/mol. The van der Waals surface area contributed by atoms with Crippen LogP contribution in [0.15, 0.2) is 0 Å². The van der Waals surface area contributed by atoms with Crippen molar-refractivity contribution in [2.24, 2.45) is 0 Å². The van der Waals surface area contributed by atoms with Crippen molar-refractivity contribution < 1.29 is 9.90 Å². The third-order valence-electron chi connectivity index (χ3n) is 3.12. The number of carboxylic acids is 1. The second kappa shape index (κ2) is 4.82. The summed E-state index contributed by atoms with van der Waals surface area (Å²) in [7, 11) is 0. The smallest absolute Gasteiger partial charge is 0.309 e. The van der Waals surface area contributed by atoms with Crippen LogP contribution < -0.4 is 0 Å². The van der Waals surface area contributed by atoms with Crippen LogP contribution in [-0.2, 0) is 24.1 Å². The van der Waals surface area contributed by atoms with Gasteiger partial charge < -0.3 is 5.11 Å². The molecule has 0 radical (unpaired) electrons. The van der Waals surface area contributed by atoms with E-state index in [-0.39, 0.29) is 12.3 Å². The van der Waals surface area contributed by atoms with E-state index < -0.39 is 5.97 Å². The number of carboxylic acid groups (broad SMARTS) is 1. The first-order chi connectivity index (χ1) is 8.08. The molecule has 1 aromatic rings. The molecule has 0 amide bonds. The van der Waals surface area contributed by atoms with Gasteiger partial charge in [-0.15, -0.1) is 0 Å². The van der Waals surface area contributed by atoms with Gasteiger partial charge >= 0.3 is 5.97 Å². The normalized spacial score (nSPS) is 14.8. The fourth-order valence-electron chi connectivity index (χ4n) is 2.24. The largest absolute Gasteiger partial charge is 0.481 e. The first kappa shape index (κ1) is 12.0. The molecule has 17 heavy (non-hydrogen) atoms. The van der Waals surface area contributed by atoms with E-state index in [9.17, 15) is 4.79 Å². The third kappa shape index (κ3) is 2.62. The molecule has 0 bridgehead atoms. The topological polar surface area (TPSA) is 63.1 Å². The van der Waals surface area contributed by atoms with Gasteiger partial charge in [-0.05, 0) is 31.2 Å². The lowest BCUT2D eigenvalue weighted by Crippen LogP contribution is -2.16. The summed E-state index contributed by atoms with van der Waals surface area (Å²) in [4.78, 5) is 19.9. The Morgan fingerprint density at radius 3 is 2.65 bits per heavy atom. The minimum Gasteiger partial charge on any atom is -0.481 e. The zero-order valence-corrected chi connectivity index (χ0v) is 10.4. The number of aliphatic carboxylic acids is 1. The van der Waals surface area contributed by atoms with Crippen LogP contribution in [0.3, 0.4) is 0 Å². The summed E-state index contributed by atoms with van der Waals surface area (Å²) < 4.78 is 0. The van der Waals surface area contributed by atoms with E-state index in [2.05, 4.69) is 9.97 Å². The highest BCUT2D eigenvalue weighted by atomic mass is 16.4. The maximum absolute atomic E-state index is 10.9. The number of hydrogen-bond donors (Lipinski definition) is 1. The number of rotatable bonds is 3. The summed E-state index contributed by atoms with van der Waals surface area (Å²) in [5.74, 6) is 0.211. The zero-order chi connectivity index (χ0) is 12.4. The fraction of sp³-hybridized carbons (Fsp3) is 0.615. The lowest BCUT2D eigenvalue weighted by molar-refractivity contribution is -0.136. The average molecular weight is 234 g/mol. The van der Waals surface area contributed by atoms with Gasteiger partial charge in [-0.2, -0.15) is 0 Å². The number of aromatic nitrogens is 2.